The maximum atomic E-state index is 14.1. The predicted octanol–water partition coefficient (Wildman–Crippen LogP) is 8.87. The highest BCUT2D eigenvalue weighted by molar-refractivity contribution is 7.90. The van der Waals surface area contributed by atoms with Gasteiger partial charge in [0.2, 0.25) is 0 Å². The number of likely N-dealkylation sites (tertiary alicyclic amines) is 1. The lowest BCUT2D eigenvalue weighted by molar-refractivity contribution is -0.192. The molecule has 0 radical (unpaired) electrons. The SMILES string of the molecule is O=C(O)C(F)(F)F.O=S(=O)(c1ccccc1)n1c(-c2ccccc2)c(CN2CCC(c3c(Cl)cccc3Cl)CC2)c2ccccc21. The number of benzene rings is 4. The van der Waals surface area contributed by atoms with Crippen molar-refractivity contribution in [1.82, 2.24) is 8.87 Å². The van der Waals surface area contributed by atoms with E-state index in [0.717, 1.165) is 63.7 Å². The van der Waals surface area contributed by atoms with Crippen molar-refractivity contribution in [2.24, 2.45) is 0 Å². The molecule has 0 atom stereocenters. The molecule has 0 spiro atoms. The van der Waals surface area contributed by atoms with E-state index < -0.39 is 22.2 Å². The molecule has 1 saturated heterocycles. The lowest BCUT2D eigenvalue weighted by Crippen LogP contribution is -2.32. The van der Waals surface area contributed by atoms with Crippen molar-refractivity contribution >= 4 is 50.1 Å². The number of carboxylic acids is 1. The molecule has 0 amide bonds. The minimum atomic E-state index is -5.08. The molecule has 0 bridgehead atoms. The summed E-state index contributed by atoms with van der Waals surface area (Å²) in [7, 11) is -3.85. The zero-order chi connectivity index (χ0) is 33.1. The van der Waals surface area contributed by atoms with Crippen LogP contribution < -0.4 is 0 Å². The van der Waals surface area contributed by atoms with Crippen LogP contribution in [0.5, 0.6) is 0 Å². The van der Waals surface area contributed by atoms with Crippen LogP contribution in [0.2, 0.25) is 10.0 Å². The van der Waals surface area contributed by atoms with E-state index in [-0.39, 0.29) is 4.90 Å². The number of nitrogens with zero attached hydrogens (tertiary/aromatic N) is 2. The van der Waals surface area contributed by atoms with Crippen molar-refractivity contribution in [2.75, 3.05) is 13.1 Å². The van der Waals surface area contributed by atoms with E-state index in [9.17, 15) is 21.6 Å². The van der Waals surface area contributed by atoms with Gasteiger partial charge in [-0.2, -0.15) is 13.2 Å². The van der Waals surface area contributed by atoms with Crippen LogP contribution in [0.15, 0.2) is 108 Å². The van der Waals surface area contributed by atoms with E-state index in [4.69, 9.17) is 33.1 Å². The fourth-order valence-electron chi connectivity index (χ4n) is 5.78. The number of rotatable bonds is 6. The van der Waals surface area contributed by atoms with E-state index in [0.29, 0.717) is 18.0 Å². The lowest BCUT2D eigenvalue weighted by Gasteiger charge is -2.33. The fourth-order valence-corrected chi connectivity index (χ4v) is 8.07. The van der Waals surface area contributed by atoms with Crippen molar-refractivity contribution in [3.05, 3.63) is 124 Å². The molecule has 240 valence electrons. The number of aliphatic carboxylic acids is 1. The van der Waals surface area contributed by atoms with Crippen LogP contribution in [0.4, 0.5) is 13.2 Å². The van der Waals surface area contributed by atoms with Gasteiger partial charge in [0.25, 0.3) is 10.0 Å². The second-order valence-corrected chi connectivity index (χ2v) is 13.4. The summed E-state index contributed by atoms with van der Waals surface area (Å²) in [5.41, 5.74) is 4.34. The maximum absolute atomic E-state index is 14.1. The zero-order valence-corrected chi connectivity index (χ0v) is 26.6. The molecule has 1 aromatic heterocycles. The molecule has 46 heavy (non-hydrogen) atoms. The largest absolute Gasteiger partial charge is 0.490 e. The zero-order valence-electron chi connectivity index (χ0n) is 24.3. The number of aromatic nitrogens is 1. The molecule has 2 heterocycles. The molecule has 4 aromatic carbocycles. The maximum Gasteiger partial charge on any atom is 0.490 e. The standard InChI is InChI=1S/C32H28Cl2N2O2S.C2HF3O2/c33-28-15-9-16-29(34)31(28)23-18-20-35(21-19-23)22-27-26-14-7-8-17-30(26)36(32(27)24-10-3-1-4-11-24)39(37,38)25-12-5-2-6-13-25;3-2(4,5)1(6)7/h1-17,23H,18-22H2;(H,6,7). The number of fused-ring (bicyclic) bond motifs is 1. The predicted molar refractivity (Wildman–Crippen MR) is 174 cm³/mol. The molecule has 12 heteroatoms. The monoisotopic (exact) mass is 688 g/mol. The Morgan fingerprint density at radius 2 is 1.33 bits per heavy atom. The Balaban J connectivity index is 0.000000537. The molecule has 0 saturated carbocycles. The van der Waals surface area contributed by atoms with E-state index in [1.807, 2.05) is 78.9 Å². The van der Waals surface area contributed by atoms with Gasteiger partial charge in [0.05, 0.1) is 16.1 Å². The Morgan fingerprint density at radius 1 is 0.804 bits per heavy atom. The highest BCUT2D eigenvalue weighted by atomic mass is 35.5. The smallest absolute Gasteiger partial charge is 0.475 e. The van der Waals surface area contributed by atoms with Crippen LogP contribution in [0.25, 0.3) is 22.2 Å². The molecule has 1 N–H and O–H groups in total. The number of halogens is 5. The van der Waals surface area contributed by atoms with Crippen LogP contribution >= 0.6 is 23.2 Å². The first kappa shape index (κ1) is 33.5. The van der Waals surface area contributed by atoms with Crippen molar-refractivity contribution in [2.45, 2.75) is 36.4 Å². The molecule has 0 aliphatic carbocycles. The Bertz CT molecular complexity index is 1920. The third-order valence-corrected chi connectivity index (χ3v) is 10.3. The second-order valence-electron chi connectivity index (χ2n) is 10.8. The third-order valence-electron chi connectivity index (χ3n) is 7.89. The van der Waals surface area contributed by atoms with E-state index in [2.05, 4.69) is 4.90 Å². The van der Waals surface area contributed by atoms with Gasteiger partial charge in [0.15, 0.2) is 0 Å². The van der Waals surface area contributed by atoms with Gasteiger partial charge < -0.3 is 5.11 Å². The van der Waals surface area contributed by atoms with Gasteiger partial charge >= 0.3 is 12.1 Å². The minimum Gasteiger partial charge on any atom is -0.475 e. The quantitative estimate of drug-likeness (QED) is 0.193. The van der Waals surface area contributed by atoms with Crippen LogP contribution in [-0.4, -0.2) is 47.6 Å². The van der Waals surface area contributed by atoms with Gasteiger partial charge in [-0.05, 0) is 73.3 Å². The van der Waals surface area contributed by atoms with Gasteiger partial charge in [-0.25, -0.2) is 17.2 Å². The number of hydrogen-bond donors (Lipinski definition) is 1. The molecule has 5 aromatic rings. The topological polar surface area (TPSA) is 79.6 Å². The summed E-state index contributed by atoms with van der Waals surface area (Å²) in [6.07, 6.45) is -3.21. The lowest BCUT2D eigenvalue weighted by atomic mass is 9.89. The summed E-state index contributed by atoms with van der Waals surface area (Å²) in [6, 6.07) is 32.0. The summed E-state index contributed by atoms with van der Waals surface area (Å²) in [5.74, 6) is -2.46. The first-order valence-corrected chi connectivity index (χ1v) is 16.5. The van der Waals surface area contributed by atoms with Crippen LogP contribution in [0.3, 0.4) is 0 Å². The van der Waals surface area contributed by atoms with Gasteiger partial charge in [-0.1, -0.05) is 96.0 Å². The molecule has 1 aliphatic heterocycles. The summed E-state index contributed by atoms with van der Waals surface area (Å²) in [4.78, 5) is 11.6. The van der Waals surface area contributed by atoms with Gasteiger partial charge in [0.1, 0.15) is 0 Å². The molecule has 0 unspecified atom stereocenters. The molecule has 1 fully saturated rings. The molecular weight excluding hydrogens is 660 g/mol. The van der Waals surface area contributed by atoms with Crippen LogP contribution in [-0.2, 0) is 21.4 Å². The average molecular weight is 690 g/mol. The molecule has 1 aliphatic rings. The van der Waals surface area contributed by atoms with Gasteiger partial charge in [-0.15, -0.1) is 0 Å². The highest BCUT2D eigenvalue weighted by Crippen LogP contribution is 2.40. The van der Waals surface area contributed by atoms with Crippen molar-refractivity contribution in [1.29, 1.82) is 0 Å². The molecule has 6 rings (SSSR count). The summed E-state index contributed by atoms with van der Waals surface area (Å²) < 4.78 is 61.5. The summed E-state index contributed by atoms with van der Waals surface area (Å²) >= 11 is 13.0. The fraction of sp³-hybridized carbons (Fsp3) is 0.206. The van der Waals surface area contributed by atoms with Crippen LogP contribution in [0.1, 0.15) is 29.9 Å². The number of hydrogen-bond acceptors (Lipinski definition) is 4. The Labute approximate surface area is 274 Å². The minimum absolute atomic E-state index is 0.270. The number of para-hydroxylation sites is 1. The van der Waals surface area contributed by atoms with Gasteiger partial charge in [-0.3, -0.25) is 4.90 Å². The average Bonchev–Trinajstić information content (AvgIpc) is 3.37. The normalized spacial score (nSPS) is 14.5. The third kappa shape index (κ3) is 7.10. The van der Waals surface area contributed by atoms with Crippen molar-refractivity contribution < 1.29 is 31.5 Å². The first-order chi connectivity index (χ1) is 21.9. The number of carbonyl (C=O) groups is 1. The molecular formula is C34H29Cl2F3N2O4S. The summed E-state index contributed by atoms with van der Waals surface area (Å²) in [6.45, 7) is 2.38. The van der Waals surface area contributed by atoms with E-state index >= 15 is 0 Å². The number of piperidine rings is 1. The number of carboxylic acid groups (broad SMARTS) is 1. The van der Waals surface area contributed by atoms with Crippen LogP contribution in [0, 0.1) is 0 Å². The summed E-state index contributed by atoms with van der Waals surface area (Å²) in [5, 5.41) is 9.52. The molecule has 6 nitrogen and oxygen atoms in total. The Morgan fingerprint density at radius 3 is 1.89 bits per heavy atom. The Kier molecular flexibility index (Phi) is 10.1. The Hall–Kier alpha value is -3.83. The first-order valence-electron chi connectivity index (χ1n) is 14.3. The highest BCUT2D eigenvalue weighted by Gasteiger charge is 2.38. The second kappa shape index (κ2) is 13.9. The van der Waals surface area contributed by atoms with E-state index in [1.54, 1.807) is 28.2 Å². The number of alkyl halides is 3. The van der Waals surface area contributed by atoms with Crippen molar-refractivity contribution in [3.63, 3.8) is 0 Å². The van der Waals surface area contributed by atoms with Gasteiger partial charge in [0, 0.05) is 27.5 Å². The van der Waals surface area contributed by atoms with E-state index in [1.165, 1.54) is 0 Å². The van der Waals surface area contributed by atoms with Crippen molar-refractivity contribution in [3.8, 4) is 11.3 Å².